The number of ether oxygens (including phenoxy) is 2. The summed E-state index contributed by atoms with van der Waals surface area (Å²) in [6, 6.07) is 0. The van der Waals surface area contributed by atoms with Gasteiger partial charge in [0.25, 0.3) is 0 Å². The summed E-state index contributed by atoms with van der Waals surface area (Å²) in [4.78, 5) is 12.8. The van der Waals surface area contributed by atoms with Gasteiger partial charge in [0.05, 0.1) is 17.3 Å². The zero-order chi connectivity index (χ0) is 28.8. The van der Waals surface area contributed by atoms with Gasteiger partial charge in [-0.3, -0.25) is 0 Å². The van der Waals surface area contributed by atoms with Gasteiger partial charge in [-0.1, -0.05) is 40.7 Å². The smallest absolute Gasteiger partial charge is 0.333 e. The zero-order valence-corrected chi connectivity index (χ0v) is 26.8. The highest BCUT2D eigenvalue weighted by molar-refractivity contribution is 5.87. The molecule has 1 heterocycles. The minimum absolute atomic E-state index is 0.0539. The Labute approximate surface area is 239 Å². The Morgan fingerprint density at radius 2 is 1.54 bits per heavy atom. The van der Waals surface area contributed by atoms with Crippen LogP contribution < -0.4 is 0 Å². The highest BCUT2D eigenvalue weighted by atomic mass is 16.5. The van der Waals surface area contributed by atoms with Crippen LogP contribution in [0.4, 0.5) is 0 Å². The van der Waals surface area contributed by atoms with Crippen molar-refractivity contribution in [3.05, 3.63) is 11.6 Å². The molecule has 4 nitrogen and oxygen atoms in total. The number of carbonyl (C=O) groups is 1. The van der Waals surface area contributed by atoms with Gasteiger partial charge >= 0.3 is 5.97 Å². The topological polar surface area (TPSA) is 55.8 Å². The first-order valence-electron chi connectivity index (χ1n) is 16.2. The second kappa shape index (κ2) is 9.32. The van der Waals surface area contributed by atoms with Crippen LogP contribution in [0.3, 0.4) is 0 Å². The SMILES string of the molecule is C/C=C(\C)C(=O)O[C@H]1CC[C@]2(C)[C@H]3C[C@@H](O)[C@@H]4[C@@H]([C@@]5(C)CCCC(C)(C)O5)CC[C@@]4(C)[C@]3(C)CC[C@H]2C1(C)C. The molecule has 0 aromatic heterocycles. The van der Waals surface area contributed by atoms with Crippen molar-refractivity contribution < 1.29 is 19.4 Å². The summed E-state index contributed by atoms with van der Waals surface area (Å²) in [6.07, 6.45) is 12.6. The Balaban J connectivity index is 1.44. The number of fused-ring (bicyclic) bond motifs is 5. The number of hydrogen-bond donors (Lipinski definition) is 1. The number of hydrogen-bond acceptors (Lipinski definition) is 4. The molecule has 4 heteroatoms. The van der Waals surface area contributed by atoms with E-state index in [0.29, 0.717) is 29.2 Å². The summed E-state index contributed by atoms with van der Waals surface area (Å²) in [5.41, 5.74) is 0.812. The van der Waals surface area contributed by atoms with Gasteiger partial charge in [-0.2, -0.15) is 0 Å². The van der Waals surface area contributed by atoms with Crippen molar-refractivity contribution in [3.8, 4) is 0 Å². The molecule has 0 aromatic rings. The molecule has 4 aliphatic carbocycles. The Morgan fingerprint density at radius 3 is 2.18 bits per heavy atom. The predicted octanol–water partition coefficient (Wildman–Crippen LogP) is 8.26. The largest absolute Gasteiger partial charge is 0.458 e. The van der Waals surface area contributed by atoms with E-state index in [9.17, 15) is 9.90 Å². The number of esters is 1. The third-order valence-electron chi connectivity index (χ3n) is 14.1. The first-order chi connectivity index (χ1) is 18.0. The molecule has 1 aliphatic heterocycles. The average Bonchev–Trinajstić information content (AvgIpc) is 3.22. The van der Waals surface area contributed by atoms with Crippen molar-refractivity contribution in [2.45, 2.75) is 157 Å². The maximum Gasteiger partial charge on any atom is 0.333 e. The number of aliphatic hydroxyl groups excluding tert-OH is 1. The molecule has 0 spiro atoms. The Kier molecular flexibility index (Phi) is 7.07. The van der Waals surface area contributed by atoms with Crippen molar-refractivity contribution >= 4 is 5.97 Å². The maximum atomic E-state index is 12.8. The van der Waals surface area contributed by atoms with Crippen LogP contribution in [0.5, 0.6) is 0 Å². The monoisotopic (exact) mass is 542 g/mol. The summed E-state index contributed by atoms with van der Waals surface area (Å²) in [5, 5.41) is 12.1. The van der Waals surface area contributed by atoms with Gasteiger partial charge in [-0.25, -0.2) is 4.79 Å². The molecule has 0 radical (unpaired) electrons. The maximum absolute atomic E-state index is 12.8. The highest BCUT2D eigenvalue weighted by Crippen LogP contribution is 2.76. The summed E-state index contributed by atoms with van der Waals surface area (Å²) in [7, 11) is 0. The van der Waals surface area contributed by atoms with Crippen LogP contribution in [-0.2, 0) is 14.3 Å². The molecule has 5 fully saturated rings. The van der Waals surface area contributed by atoms with Crippen molar-refractivity contribution in [2.75, 3.05) is 0 Å². The van der Waals surface area contributed by atoms with Gasteiger partial charge in [0, 0.05) is 11.0 Å². The second-order valence-corrected chi connectivity index (χ2v) is 16.7. The molecule has 222 valence electrons. The minimum Gasteiger partial charge on any atom is -0.458 e. The van der Waals surface area contributed by atoms with Gasteiger partial charge < -0.3 is 14.6 Å². The van der Waals surface area contributed by atoms with Gasteiger partial charge in [0.1, 0.15) is 6.10 Å². The fourth-order valence-electron chi connectivity index (χ4n) is 11.8. The Bertz CT molecular complexity index is 1010. The summed E-state index contributed by atoms with van der Waals surface area (Å²) >= 11 is 0. The van der Waals surface area contributed by atoms with E-state index in [2.05, 4.69) is 55.4 Å². The molecule has 0 amide bonds. The predicted molar refractivity (Wildman–Crippen MR) is 157 cm³/mol. The van der Waals surface area contributed by atoms with Crippen LogP contribution in [0, 0.1) is 45.3 Å². The molecule has 0 bridgehead atoms. The lowest BCUT2D eigenvalue weighted by Gasteiger charge is -2.70. The van der Waals surface area contributed by atoms with Gasteiger partial charge in [0.15, 0.2) is 0 Å². The summed E-state index contributed by atoms with van der Waals surface area (Å²) in [5.74, 6) is 1.50. The van der Waals surface area contributed by atoms with Crippen molar-refractivity contribution in [3.63, 3.8) is 0 Å². The van der Waals surface area contributed by atoms with Crippen LogP contribution in [0.25, 0.3) is 0 Å². The fraction of sp³-hybridized carbons (Fsp3) is 0.914. The molecule has 0 aromatic carbocycles. The molecule has 5 aliphatic rings. The van der Waals surface area contributed by atoms with E-state index < -0.39 is 0 Å². The normalized spacial score (nSPS) is 50.9. The van der Waals surface area contributed by atoms with Crippen LogP contribution in [0.2, 0.25) is 0 Å². The molecule has 1 saturated heterocycles. The van der Waals surface area contributed by atoms with E-state index in [4.69, 9.17) is 9.47 Å². The fourth-order valence-corrected chi connectivity index (χ4v) is 11.8. The zero-order valence-electron chi connectivity index (χ0n) is 26.8. The van der Waals surface area contributed by atoms with E-state index >= 15 is 0 Å². The first-order valence-corrected chi connectivity index (χ1v) is 16.2. The Hall–Kier alpha value is -0.870. The van der Waals surface area contributed by atoms with Crippen molar-refractivity contribution in [1.29, 1.82) is 0 Å². The average molecular weight is 543 g/mol. The van der Waals surface area contributed by atoms with Crippen molar-refractivity contribution in [2.24, 2.45) is 45.3 Å². The number of rotatable bonds is 3. The standard InChI is InChI=1S/C35H58O4/c1-11-22(2)29(37)38-27-15-18-32(7)25(31(27,5)6)14-20-33(8)26(32)21-24(36)28-23(13-19-34(28,33)9)35(10)17-12-16-30(3,4)39-35/h11,23-28,36H,12-21H2,1-10H3/b22-11+/t23-,24+,25-,26+,27-,28-,32-,33+,34+,35+/m0/s1. The lowest BCUT2D eigenvalue weighted by Crippen LogP contribution is -2.67. The van der Waals surface area contributed by atoms with Crippen LogP contribution in [0.1, 0.15) is 133 Å². The summed E-state index contributed by atoms with van der Waals surface area (Å²) in [6.45, 7) is 23.0. The molecule has 5 rings (SSSR count). The van der Waals surface area contributed by atoms with Crippen LogP contribution in [-0.4, -0.2) is 34.5 Å². The van der Waals surface area contributed by atoms with Crippen LogP contribution in [0.15, 0.2) is 11.6 Å². The molecule has 10 atom stereocenters. The lowest BCUT2D eigenvalue weighted by atomic mass is 9.35. The first kappa shape index (κ1) is 29.6. The number of allylic oxidation sites excluding steroid dienone is 1. The van der Waals surface area contributed by atoms with E-state index in [0.717, 1.165) is 32.1 Å². The quantitative estimate of drug-likeness (QED) is 0.288. The van der Waals surface area contributed by atoms with Crippen molar-refractivity contribution in [1.82, 2.24) is 0 Å². The lowest BCUT2D eigenvalue weighted by molar-refractivity contribution is -0.258. The third kappa shape index (κ3) is 4.23. The molecule has 39 heavy (non-hydrogen) atoms. The molecule has 0 unspecified atom stereocenters. The van der Waals surface area contributed by atoms with Gasteiger partial charge in [-0.05, 0) is 139 Å². The van der Waals surface area contributed by atoms with Gasteiger partial charge in [-0.15, -0.1) is 0 Å². The molecular formula is C35H58O4. The van der Waals surface area contributed by atoms with E-state index in [1.807, 2.05) is 19.9 Å². The number of aliphatic hydroxyl groups is 1. The Morgan fingerprint density at radius 1 is 0.872 bits per heavy atom. The van der Waals surface area contributed by atoms with Crippen LogP contribution >= 0.6 is 0 Å². The molecule has 1 N–H and O–H groups in total. The second-order valence-electron chi connectivity index (χ2n) is 16.7. The molecule has 4 saturated carbocycles. The van der Waals surface area contributed by atoms with Gasteiger partial charge in [0.2, 0.25) is 0 Å². The van der Waals surface area contributed by atoms with E-state index in [1.165, 1.54) is 32.1 Å². The number of carbonyl (C=O) groups excluding carboxylic acids is 1. The third-order valence-corrected chi connectivity index (χ3v) is 14.1. The minimum atomic E-state index is -0.280. The summed E-state index contributed by atoms with van der Waals surface area (Å²) < 4.78 is 13.1. The van der Waals surface area contributed by atoms with E-state index in [-0.39, 0.29) is 51.0 Å². The van der Waals surface area contributed by atoms with E-state index in [1.54, 1.807) is 0 Å². The molecular weight excluding hydrogens is 484 g/mol. The highest BCUT2D eigenvalue weighted by Gasteiger charge is 2.72.